The van der Waals surface area contributed by atoms with Crippen molar-refractivity contribution in [3.05, 3.63) is 45.9 Å². The molecule has 0 radical (unpaired) electrons. The summed E-state index contributed by atoms with van der Waals surface area (Å²) in [4.78, 5) is 26.4. The van der Waals surface area contributed by atoms with Crippen molar-refractivity contribution in [1.82, 2.24) is 4.98 Å². The van der Waals surface area contributed by atoms with Crippen LogP contribution in [0.3, 0.4) is 0 Å². The van der Waals surface area contributed by atoms with Crippen molar-refractivity contribution in [3.63, 3.8) is 0 Å². The first kappa shape index (κ1) is 18.3. The minimum absolute atomic E-state index is 0.00643. The van der Waals surface area contributed by atoms with Crippen LogP contribution in [0.25, 0.3) is 11.1 Å². The summed E-state index contributed by atoms with van der Waals surface area (Å²) in [6.45, 7) is 7.18. The van der Waals surface area contributed by atoms with Crippen molar-refractivity contribution in [2.75, 3.05) is 7.11 Å². The minimum Gasteiger partial charge on any atom is -0.493 e. The molecule has 0 aliphatic carbocycles. The fraction of sp³-hybridized carbons (Fsp3) is 0.316. The first-order valence-corrected chi connectivity index (χ1v) is 7.72. The highest BCUT2D eigenvalue weighted by Crippen LogP contribution is 2.34. The van der Waals surface area contributed by atoms with Crippen molar-refractivity contribution in [2.45, 2.75) is 33.1 Å². The molecular formula is C19H20N2O4. The molecule has 0 aliphatic rings. The van der Waals surface area contributed by atoms with Crippen LogP contribution < -0.4 is 15.0 Å². The van der Waals surface area contributed by atoms with E-state index in [1.807, 2.05) is 26.8 Å². The fourth-order valence-electron chi connectivity index (χ4n) is 2.38. The highest BCUT2D eigenvalue weighted by Gasteiger charge is 2.20. The number of esters is 1. The number of carbonyl (C=O) groups excluding carboxylic acids is 1. The minimum atomic E-state index is -0.489. The maximum Gasteiger partial charge on any atom is 0.308 e. The van der Waals surface area contributed by atoms with Gasteiger partial charge in [-0.15, -0.1) is 0 Å². The number of aromatic nitrogens is 1. The summed E-state index contributed by atoms with van der Waals surface area (Å²) in [5.41, 5.74) is 1.03. The van der Waals surface area contributed by atoms with Crippen molar-refractivity contribution in [3.8, 4) is 28.7 Å². The van der Waals surface area contributed by atoms with Gasteiger partial charge in [0, 0.05) is 23.6 Å². The lowest BCUT2D eigenvalue weighted by molar-refractivity contribution is -0.132. The fourth-order valence-corrected chi connectivity index (χ4v) is 2.38. The largest absolute Gasteiger partial charge is 0.493 e. The molecule has 1 heterocycles. The molecule has 1 N–H and O–H groups in total. The van der Waals surface area contributed by atoms with Gasteiger partial charge in [0.1, 0.15) is 11.6 Å². The zero-order valence-corrected chi connectivity index (χ0v) is 14.9. The van der Waals surface area contributed by atoms with Crippen molar-refractivity contribution in [2.24, 2.45) is 0 Å². The van der Waals surface area contributed by atoms with E-state index in [4.69, 9.17) is 9.47 Å². The van der Waals surface area contributed by atoms with Crippen molar-refractivity contribution >= 4 is 5.97 Å². The smallest absolute Gasteiger partial charge is 0.308 e. The van der Waals surface area contributed by atoms with E-state index < -0.39 is 11.5 Å². The molecule has 0 saturated carbocycles. The Balaban J connectivity index is 2.73. The Labute approximate surface area is 146 Å². The van der Waals surface area contributed by atoms with E-state index in [0.29, 0.717) is 22.6 Å². The van der Waals surface area contributed by atoms with Crippen LogP contribution in [0.15, 0.2) is 29.1 Å². The predicted octanol–water partition coefficient (Wildman–Crippen LogP) is 3.14. The average Bonchev–Trinajstić information content (AvgIpc) is 2.52. The Bertz CT molecular complexity index is 914. The van der Waals surface area contributed by atoms with Crippen molar-refractivity contribution in [1.29, 1.82) is 5.26 Å². The second-order valence-electron chi connectivity index (χ2n) is 6.62. The van der Waals surface area contributed by atoms with Gasteiger partial charge < -0.3 is 14.5 Å². The number of H-pyrrole nitrogens is 1. The molecule has 0 unspecified atom stereocenters. The summed E-state index contributed by atoms with van der Waals surface area (Å²) in [5.74, 6) is 0.129. The van der Waals surface area contributed by atoms with Crippen LogP contribution in [-0.2, 0) is 10.2 Å². The molecule has 1 aromatic heterocycles. The van der Waals surface area contributed by atoms with Gasteiger partial charge in [-0.05, 0) is 23.8 Å². The number of rotatable bonds is 3. The first-order valence-electron chi connectivity index (χ1n) is 7.72. The van der Waals surface area contributed by atoms with Gasteiger partial charge in [0.25, 0.3) is 5.56 Å². The summed E-state index contributed by atoms with van der Waals surface area (Å²) in [7, 11) is 1.47. The van der Waals surface area contributed by atoms with Crippen LogP contribution >= 0.6 is 0 Å². The third-order valence-corrected chi connectivity index (χ3v) is 3.68. The number of hydrogen-bond acceptors (Lipinski definition) is 5. The number of nitrogens with one attached hydrogen (secondary N) is 1. The van der Waals surface area contributed by atoms with E-state index in [1.165, 1.54) is 14.0 Å². The third kappa shape index (κ3) is 3.89. The quantitative estimate of drug-likeness (QED) is 0.684. The summed E-state index contributed by atoms with van der Waals surface area (Å²) >= 11 is 0. The Morgan fingerprint density at radius 1 is 1.20 bits per heavy atom. The SMILES string of the molecule is COc1ccc(-c2cc(C(C)(C)C)[nH]c(=O)c2C#N)cc1OC(C)=O. The molecular weight excluding hydrogens is 320 g/mol. The lowest BCUT2D eigenvalue weighted by Gasteiger charge is -2.20. The van der Waals surface area contributed by atoms with Gasteiger partial charge in [0.2, 0.25) is 0 Å². The number of pyridine rings is 1. The summed E-state index contributed by atoms with van der Waals surface area (Å²) in [6, 6.07) is 8.66. The number of hydrogen-bond donors (Lipinski definition) is 1. The van der Waals surface area contributed by atoms with Crippen LogP contribution in [0.1, 0.15) is 39.0 Å². The molecule has 1 aromatic carbocycles. The maximum absolute atomic E-state index is 12.3. The molecule has 130 valence electrons. The molecule has 25 heavy (non-hydrogen) atoms. The number of nitriles is 1. The lowest BCUT2D eigenvalue weighted by Crippen LogP contribution is -2.22. The Kier molecular flexibility index (Phi) is 4.98. The summed E-state index contributed by atoms with van der Waals surface area (Å²) in [6.07, 6.45) is 0. The van der Waals surface area contributed by atoms with Crippen LogP contribution in [0.2, 0.25) is 0 Å². The number of nitrogens with zero attached hydrogens (tertiary/aromatic N) is 1. The highest BCUT2D eigenvalue weighted by molar-refractivity contribution is 5.76. The number of carbonyl (C=O) groups is 1. The molecule has 0 aliphatic heterocycles. The van der Waals surface area contributed by atoms with Crippen LogP contribution in [0, 0.1) is 11.3 Å². The van der Waals surface area contributed by atoms with Gasteiger partial charge in [-0.3, -0.25) is 9.59 Å². The molecule has 2 rings (SSSR count). The zero-order valence-electron chi connectivity index (χ0n) is 14.9. The number of methoxy groups -OCH3 is 1. The van der Waals surface area contributed by atoms with Crippen molar-refractivity contribution < 1.29 is 14.3 Å². The average molecular weight is 340 g/mol. The first-order chi connectivity index (χ1) is 11.7. The van der Waals surface area contributed by atoms with Crippen LogP contribution in [0.5, 0.6) is 11.5 Å². The van der Waals surface area contributed by atoms with E-state index in [2.05, 4.69) is 4.98 Å². The second-order valence-corrected chi connectivity index (χ2v) is 6.62. The monoisotopic (exact) mass is 340 g/mol. The van der Waals surface area contributed by atoms with Gasteiger partial charge in [0.15, 0.2) is 11.5 Å². The molecule has 0 spiro atoms. The van der Waals surface area contributed by atoms with Crippen LogP contribution in [-0.4, -0.2) is 18.1 Å². The Morgan fingerprint density at radius 2 is 1.88 bits per heavy atom. The Hall–Kier alpha value is -3.07. The zero-order chi connectivity index (χ0) is 18.8. The van der Waals surface area contributed by atoms with Gasteiger partial charge >= 0.3 is 5.97 Å². The van der Waals surface area contributed by atoms with E-state index in [9.17, 15) is 14.9 Å². The molecule has 2 aromatic rings. The van der Waals surface area contributed by atoms with Gasteiger partial charge in [0.05, 0.1) is 7.11 Å². The number of aromatic amines is 1. The van der Waals surface area contributed by atoms with E-state index >= 15 is 0 Å². The molecule has 0 fully saturated rings. The molecule has 0 bridgehead atoms. The molecule has 6 heteroatoms. The highest BCUT2D eigenvalue weighted by atomic mass is 16.6. The van der Waals surface area contributed by atoms with Gasteiger partial charge in [-0.25, -0.2) is 0 Å². The number of ether oxygens (including phenoxy) is 2. The molecule has 0 amide bonds. The van der Waals surface area contributed by atoms with E-state index in [1.54, 1.807) is 24.3 Å². The Morgan fingerprint density at radius 3 is 2.40 bits per heavy atom. The maximum atomic E-state index is 12.3. The second kappa shape index (κ2) is 6.81. The molecule has 0 saturated heterocycles. The molecule has 0 atom stereocenters. The third-order valence-electron chi connectivity index (χ3n) is 3.68. The van der Waals surface area contributed by atoms with E-state index in [-0.39, 0.29) is 16.7 Å². The van der Waals surface area contributed by atoms with Crippen LogP contribution in [0.4, 0.5) is 0 Å². The summed E-state index contributed by atoms with van der Waals surface area (Å²) < 4.78 is 10.4. The van der Waals surface area contributed by atoms with E-state index in [0.717, 1.165) is 0 Å². The predicted molar refractivity (Wildman–Crippen MR) is 93.8 cm³/mol. The van der Waals surface area contributed by atoms with Gasteiger partial charge in [-0.1, -0.05) is 26.8 Å². The lowest BCUT2D eigenvalue weighted by atomic mass is 9.89. The normalized spacial score (nSPS) is 10.9. The van der Waals surface area contributed by atoms with Gasteiger partial charge in [-0.2, -0.15) is 5.26 Å². The molecule has 6 nitrogen and oxygen atoms in total. The number of benzene rings is 1. The summed E-state index contributed by atoms with van der Waals surface area (Å²) in [5, 5.41) is 9.39. The topological polar surface area (TPSA) is 92.2 Å². The standard InChI is InChI=1S/C19H20N2O4/c1-11(22)25-16-8-12(6-7-15(16)24-5)13-9-17(19(2,3)4)21-18(23)14(13)10-20/h6-9H,1-5H3,(H,21,23).